The number of fused-ring (bicyclic) bond motifs is 1. The van der Waals surface area contributed by atoms with Crippen LogP contribution in [0.4, 0.5) is 4.39 Å². The second-order valence-corrected chi connectivity index (χ2v) is 5.41. The van der Waals surface area contributed by atoms with Gasteiger partial charge in [0.05, 0.1) is 6.04 Å². The molecule has 1 saturated carbocycles. The Balaban J connectivity index is 1.86. The summed E-state index contributed by atoms with van der Waals surface area (Å²) in [5, 5.41) is 0.793. The van der Waals surface area contributed by atoms with Crippen molar-refractivity contribution >= 4 is 11.0 Å². The molecule has 0 spiro atoms. The predicted molar refractivity (Wildman–Crippen MR) is 72.8 cm³/mol. The normalized spacial score (nSPS) is 18.2. The third-order valence-corrected chi connectivity index (χ3v) is 4.10. The summed E-state index contributed by atoms with van der Waals surface area (Å²) >= 11 is 0. The van der Waals surface area contributed by atoms with E-state index in [2.05, 4.69) is 5.43 Å². The fourth-order valence-corrected chi connectivity index (χ4v) is 3.06. The number of rotatable bonds is 4. The Hall–Kier alpha value is -1.39. The molecule has 1 unspecified atom stereocenters. The average Bonchev–Trinajstić information content (AvgIpc) is 3.05. The van der Waals surface area contributed by atoms with Crippen molar-refractivity contribution in [3.8, 4) is 0 Å². The highest BCUT2D eigenvalue weighted by atomic mass is 19.1. The third kappa shape index (κ3) is 2.51. The molecule has 1 fully saturated rings. The Bertz CT molecular complexity index is 560. The number of furan rings is 1. The van der Waals surface area contributed by atoms with Gasteiger partial charge in [-0.25, -0.2) is 9.82 Å². The number of halogens is 1. The highest BCUT2D eigenvalue weighted by Crippen LogP contribution is 2.34. The molecule has 2 aromatic rings. The Kier molecular flexibility index (Phi) is 3.53. The van der Waals surface area contributed by atoms with Gasteiger partial charge in [0, 0.05) is 5.39 Å². The van der Waals surface area contributed by atoms with Crippen LogP contribution in [-0.2, 0) is 0 Å². The van der Waals surface area contributed by atoms with Crippen molar-refractivity contribution < 1.29 is 8.81 Å². The molecule has 3 nitrogen and oxygen atoms in total. The monoisotopic (exact) mass is 262 g/mol. The molecular weight excluding hydrogens is 243 g/mol. The van der Waals surface area contributed by atoms with E-state index in [0.717, 1.165) is 17.6 Å². The largest absolute Gasteiger partial charge is 0.456 e. The summed E-state index contributed by atoms with van der Waals surface area (Å²) in [4.78, 5) is 0. The van der Waals surface area contributed by atoms with E-state index in [1.54, 1.807) is 6.07 Å². The number of hydrazine groups is 1. The third-order valence-electron chi connectivity index (χ3n) is 4.10. The molecule has 19 heavy (non-hydrogen) atoms. The number of nitrogens with two attached hydrogens (primary N) is 1. The second kappa shape index (κ2) is 5.31. The van der Waals surface area contributed by atoms with Crippen LogP contribution in [0.25, 0.3) is 11.0 Å². The van der Waals surface area contributed by atoms with Crippen LogP contribution in [0, 0.1) is 11.7 Å². The maximum absolute atomic E-state index is 13.6. The first-order valence-electron chi connectivity index (χ1n) is 6.92. The molecule has 3 N–H and O–H groups in total. The van der Waals surface area contributed by atoms with E-state index in [1.807, 2.05) is 12.1 Å². The molecule has 1 aromatic carbocycles. The van der Waals surface area contributed by atoms with E-state index in [0.29, 0.717) is 11.5 Å². The highest BCUT2D eigenvalue weighted by Gasteiger charge is 2.23. The summed E-state index contributed by atoms with van der Waals surface area (Å²) < 4.78 is 19.3. The highest BCUT2D eigenvalue weighted by molar-refractivity contribution is 5.78. The van der Waals surface area contributed by atoms with Gasteiger partial charge in [0.1, 0.15) is 5.76 Å². The van der Waals surface area contributed by atoms with E-state index in [4.69, 9.17) is 10.3 Å². The van der Waals surface area contributed by atoms with Crippen molar-refractivity contribution in [1.29, 1.82) is 0 Å². The smallest absolute Gasteiger partial charge is 0.169 e. The number of benzene rings is 1. The van der Waals surface area contributed by atoms with E-state index in [1.165, 1.54) is 31.7 Å². The van der Waals surface area contributed by atoms with Crippen molar-refractivity contribution in [2.45, 2.75) is 38.1 Å². The number of hydrogen-bond acceptors (Lipinski definition) is 3. The topological polar surface area (TPSA) is 51.2 Å². The van der Waals surface area contributed by atoms with Gasteiger partial charge in [0.2, 0.25) is 0 Å². The lowest BCUT2D eigenvalue weighted by atomic mass is 9.97. The second-order valence-electron chi connectivity index (χ2n) is 5.41. The van der Waals surface area contributed by atoms with Gasteiger partial charge in [-0.15, -0.1) is 0 Å². The first kappa shape index (κ1) is 12.6. The van der Waals surface area contributed by atoms with Gasteiger partial charge in [0.15, 0.2) is 11.4 Å². The van der Waals surface area contributed by atoms with Gasteiger partial charge in [-0.05, 0) is 24.5 Å². The molecule has 1 atom stereocenters. The van der Waals surface area contributed by atoms with E-state index in [-0.39, 0.29) is 11.9 Å². The average molecular weight is 262 g/mol. The SMILES string of the molecule is NNC(CC1CCCC1)c1cc2cccc(F)c2o1. The summed E-state index contributed by atoms with van der Waals surface area (Å²) in [5.74, 6) is 6.74. The molecule has 4 heteroatoms. The van der Waals surface area contributed by atoms with Gasteiger partial charge >= 0.3 is 0 Å². The lowest BCUT2D eigenvalue weighted by Crippen LogP contribution is -2.29. The minimum Gasteiger partial charge on any atom is -0.456 e. The fraction of sp³-hybridized carbons (Fsp3) is 0.467. The van der Waals surface area contributed by atoms with E-state index in [9.17, 15) is 4.39 Å². The van der Waals surface area contributed by atoms with Crippen molar-refractivity contribution in [3.05, 3.63) is 35.8 Å². The van der Waals surface area contributed by atoms with Crippen LogP contribution in [0.1, 0.15) is 43.9 Å². The summed E-state index contributed by atoms with van der Waals surface area (Å²) in [6, 6.07) is 6.82. The van der Waals surface area contributed by atoms with Crippen LogP contribution in [0.15, 0.2) is 28.7 Å². The Morgan fingerprint density at radius 3 is 2.84 bits per heavy atom. The fourth-order valence-electron chi connectivity index (χ4n) is 3.06. The zero-order chi connectivity index (χ0) is 13.2. The Morgan fingerprint density at radius 1 is 1.37 bits per heavy atom. The van der Waals surface area contributed by atoms with Crippen molar-refractivity contribution in [2.24, 2.45) is 11.8 Å². The summed E-state index contributed by atoms with van der Waals surface area (Å²) in [6.07, 6.45) is 6.07. The van der Waals surface area contributed by atoms with Crippen molar-refractivity contribution in [2.75, 3.05) is 0 Å². The van der Waals surface area contributed by atoms with Gasteiger partial charge in [0.25, 0.3) is 0 Å². The van der Waals surface area contributed by atoms with E-state index < -0.39 is 0 Å². The molecule has 102 valence electrons. The number of para-hydroxylation sites is 1. The van der Waals surface area contributed by atoms with Gasteiger partial charge in [-0.2, -0.15) is 0 Å². The van der Waals surface area contributed by atoms with Crippen LogP contribution in [0.5, 0.6) is 0 Å². The lowest BCUT2D eigenvalue weighted by Gasteiger charge is -2.17. The van der Waals surface area contributed by atoms with Crippen molar-refractivity contribution in [1.82, 2.24) is 5.43 Å². The summed E-state index contributed by atoms with van der Waals surface area (Å²) in [5.41, 5.74) is 3.13. The van der Waals surface area contributed by atoms with Crippen LogP contribution >= 0.6 is 0 Å². The molecule has 0 aliphatic heterocycles. The molecule has 3 rings (SSSR count). The molecular formula is C15H19FN2O. The van der Waals surface area contributed by atoms with Gasteiger partial charge in [-0.1, -0.05) is 37.8 Å². The van der Waals surface area contributed by atoms with Gasteiger partial charge in [-0.3, -0.25) is 5.84 Å². The van der Waals surface area contributed by atoms with Gasteiger partial charge < -0.3 is 4.42 Å². The Labute approximate surface area is 111 Å². The van der Waals surface area contributed by atoms with Crippen LogP contribution in [-0.4, -0.2) is 0 Å². The zero-order valence-corrected chi connectivity index (χ0v) is 10.9. The molecule has 0 radical (unpaired) electrons. The predicted octanol–water partition coefficient (Wildman–Crippen LogP) is 3.66. The first-order valence-corrected chi connectivity index (χ1v) is 6.92. The van der Waals surface area contributed by atoms with Crippen LogP contribution in [0.3, 0.4) is 0 Å². The maximum Gasteiger partial charge on any atom is 0.169 e. The lowest BCUT2D eigenvalue weighted by molar-refractivity contribution is 0.351. The molecule has 1 aliphatic carbocycles. The molecule has 1 heterocycles. The van der Waals surface area contributed by atoms with Crippen molar-refractivity contribution in [3.63, 3.8) is 0 Å². The molecule has 0 saturated heterocycles. The minimum atomic E-state index is -0.319. The maximum atomic E-state index is 13.6. The number of hydrogen-bond donors (Lipinski definition) is 2. The van der Waals surface area contributed by atoms with Crippen LogP contribution in [0.2, 0.25) is 0 Å². The minimum absolute atomic E-state index is 0.0325. The molecule has 1 aliphatic rings. The summed E-state index contributed by atoms with van der Waals surface area (Å²) in [7, 11) is 0. The molecule has 0 bridgehead atoms. The first-order chi connectivity index (χ1) is 9.28. The summed E-state index contributed by atoms with van der Waals surface area (Å²) in [6.45, 7) is 0. The standard InChI is InChI=1S/C15H19FN2O/c16-12-7-3-6-11-9-14(19-15(11)12)13(18-17)8-10-4-1-2-5-10/h3,6-7,9-10,13,18H,1-2,4-5,8,17H2. The molecule has 0 amide bonds. The van der Waals surface area contributed by atoms with Crippen LogP contribution < -0.4 is 11.3 Å². The Morgan fingerprint density at radius 2 is 2.16 bits per heavy atom. The quantitative estimate of drug-likeness (QED) is 0.653. The molecule has 1 aromatic heterocycles. The van der Waals surface area contributed by atoms with E-state index >= 15 is 0 Å². The number of nitrogens with one attached hydrogen (secondary N) is 1. The zero-order valence-electron chi connectivity index (χ0n) is 10.9.